The Bertz CT molecular complexity index is 1310. The zero-order valence-corrected chi connectivity index (χ0v) is 21.5. The molecule has 0 spiro atoms. The molecule has 1 fully saturated rings. The first-order chi connectivity index (χ1) is 17.6. The molecule has 0 bridgehead atoms. The Balaban J connectivity index is 1.32. The number of hydrogen-bond acceptors (Lipinski definition) is 6. The van der Waals surface area contributed by atoms with E-state index in [1.54, 1.807) is 24.2 Å². The summed E-state index contributed by atoms with van der Waals surface area (Å²) in [7, 11) is 0. The molecule has 2 aromatic carbocycles. The Morgan fingerprint density at radius 2 is 1.69 bits per heavy atom. The van der Waals surface area contributed by atoms with Crippen molar-refractivity contribution in [3.05, 3.63) is 89.7 Å². The maximum absolute atomic E-state index is 12.9. The Kier molecular flexibility index (Phi) is 7.44. The molecule has 0 N–H and O–H groups in total. The minimum absolute atomic E-state index is 0.117. The normalized spacial score (nSPS) is 14.2. The van der Waals surface area contributed by atoms with Crippen molar-refractivity contribution >= 4 is 17.7 Å². The molecule has 4 aromatic rings. The molecular weight excluding hydrogens is 468 g/mol. The van der Waals surface area contributed by atoms with Crippen LogP contribution >= 0.6 is 11.8 Å². The summed E-state index contributed by atoms with van der Waals surface area (Å²) in [6, 6.07) is 20.2. The summed E-state index contributed by atoms with van der Waals surface area (Å²) in [4.78, 5) is 21.4. The maximum atomic E-state index is 12.9. The minimum atomic E-state index is 0.117. The zero-order chi connectivity index (χ0) is 24.9. The summed E-state index contributed by atoms with van der Waals surface area (Å²) in [5.74, 6) is 1.63. The minimum Gasteiger partial charge on any atom is -0.336 e. The first-order valence-corrected chi connectivity index (χ1v) is 13.3. The number of amides is 1. The molecule has 2 aromatic heterocycles. The van der Waals surface area contributed by atoms with Gasteiger partial charge in [-0.1, -0.05) is 43.0 Å². The molecule has 0 unspecified atom stereocenters. The average molecular weight is 499 g/mol. The van der Waals surface area contributed by atoms with E-state index in [0.717, 1.165) is 71.8 Å². The number of aryl methyl sites for hydroxylation is 1. The molecule has 0 atom stereocenters. The van der Waals surface area contributed by atoms with Gasteiger partial charge >= 0.3 is 0 Å². The number of hydrogen-bond donors (Lipinski definition) is 0. The molecule has 36 heavy (non-hydrogen) atoms. The second-order valence-electron chi connectivity index (χ2n) is 8.93. The van der Waals surface area contributed by atoms with Crippen molar-refractivity contribution < 1.29 is 4.79 Å². The van der Waals surface area contributed by atoms with Gasteiger partial charge in [0.1, 0.15) is 0 Å². The van der Waals surface area contributed by atoms with Gasteiger partial charge in [0.15, 0.2) is 11.0 Å². The average Bonchev–Trinajstić information content (AvgIpc) is 3.36. The third-order valence-corrected chi connectivity index (χ3v) is 7.51. The van der Waals surface area contributed by atoms with Crippen LogP contribution < -0.4 is 0 Å². The molecule has 7 nitrogen and oxygen atoms in total. The summed E-state index contributed by atoms with van der Waals surface area (Å²) < 4.78 is 2.10. The quantitative estimate of drug-likeness (QED) is 0.344. The van der Waals surface area contributed by atoms with Crippen LogP contribution in [0.5, 0.6) is 0 Å². The van der Waals surface area contributed by atoms with Crippen molar-refractivity contribution in [1.29, 1.82) is 0 Å². The monoisotopic (exact) mass is 498 g/mol. The Hall–Kier alpha value is -3.49. The SMILES string of the molecule is CCN1CCN(C(=O)c2ccc(CSc3nnc(-c4ccncc4)n3-c3cccc(C)c3)cc2)CC1. The van der Waals surface area contributed by atoms with Crippen molar-refractivity contribution in [2.24, 2.45) is 0 Å². The number of thioether (sulfide) groups is 1. The topological polar surface area (TPSA) is 67.2 Å². The van der Waals surface area contributed by atoms with Crippen LogP contribution in [0, 0.1) is 6.92 Å². The molecule has 1 amide bonds. The van der Waals surface area contributed by atoms with Crippen LogP contribution in [0.1, 0.15) is 28.4 Å². The predicted octanol–water partition coefficient (Wildman–Crippen LogP) is 4.71. The molecule has 1 saturated heterocycles. The van der Waals surface area contributed by atoms with Crippen molar-refractivity contribution in [1.82, 2.24) is 29.5 Å². The molecule has 1 aliphatic rings. The fourth-order valence-electron chi connectivity index (χ4n) is 4.39. The number of carbonyl (C=O) groups excluding carboxylic acids is 1. The van der Waals surface area contributed by atoms with Crippen molar-refractivity contribution in [3.8, 4) is 17.1 Å². The van der Waals surface area contributed by atoms with E-state index in [1.165, 1.54) is 5.56 Å². The van der Waals surface area contributed by atoms with E-state index in [1.807, 2.05) is 47.4 Å². The summed E-state index contributed by atoms with van der Waals surface area (Å²) in [5, 5.41) is 9.86. The van der Waals surface area contributed by atoms with Gasteiger partial charge in [0.05, 0.1) is 0 Å². The van der Waals surface area contributed by atoms with E-state index in [4.69, 9.17) is 0 Å². The van der Waals surface area contributed by atoms with Gasteiger partial charge in [-0.15, -0.1) is 10.2 Å². The molecule has 8 heteroatoms. The summed E-state index contributed by atoms with van der Waals surface area (Å²) in [6.45, 7) is 8.75. The highest BCUT2D eigenvalue weighted by Crippen LogP contribution is 2.30. The van der Waals surface area contributed by atoms with E-state index >= 15 is 0 Å². The third kappa shape index (κ3) is 5.34. The van der Waals surface area contributed by atoms with E-state index in [9.17, 15) is 4.79 Å². The van der Waals surface area contributed by atoms with Crippen molar-refractivity contribution in [3.63, 3.8) is 0 Å². The number of piperazine rings is 1. The number of carbonyl (C=O) groups is 1. The molecule has 184 valence electrons. The molecule has 3 heterocycles. The smallest absolute Gasteiger partial charge is 0.253 e. The highest BCUT2D eigenvalue weighted by atomic mass is 32.2. The number of nitrogens with zero attached hydrogens (tertiary/aromatic N) is 6. The van der Waals surface area contributed by atoms with Gasteiger partial charge in [-0.3, -0.25) is 14.3 Å². The molecule has 0 aliphatic carbocycles. The second-order valence-corrected chi connectivity index (χ2v) is 9.87. The lowest BCUT2D eigenvalue weighted by atomic mass is 10.1. The Labute approximate surface area is 216 Å². The Morgan fingerprint density at radius 3 is 2.39 bits per heavy atom. The van der Waals surface area contributed by atoms with Crippen LogP contribution in [-0.4, -0.2) is 68.2 Å². The number of benzene rings is 2. The van der Waals surface area contributed by atoms with Crippen LogP contribution in [0.4, 0.5) is 0 Å². The van der Waals surface area contributed by atoms with Gasteiger partial charge in [0, 0.05) is 61.1 Å². The molecule has 1 aliphatic heterocycles. The number of likely N-dealkylation sites (N-methyl/N-ethyl adjacent to an activating group) is 1. The lowest BCUT2D eigenvalue weighted by Gasteiger charge is -2.34. The van der Waals surface area contributed by atoms with E-state index in [2.05, 4.69) is 56.7 Å². The van der Waals surface area contributed by atoms with E-state index in [-0.39, 0.29) is 5.91 Å². The van der Waals surface area contributed by atoms with E-state index < -0.39 is 0 Å². The fourth-order valence-corrected chi connectivity index (χ4v) is 5.30. The number of aromatic nitrogens is 4. The second kappa shape index (κ2) is 11.1. The lowest BCUT2D eigenvalue weighted by molar-refractivity contribution is 0.0643. The largest absolute Gasteiger partial charge is 0.336 e. The standard InChI is InChI=1S/C28H30N6OS/c1-3-32-15-17-33(18-16-32)27(35)24-9-7-22(8-10-24)20-36-28-31-30-26(23-11-13-29-14-12-23)34(28)25-6-4-5-21(2)19-25/h4-14,19H,3,15-18,20H2,1-2H3. The van der Waals surface area contributed by atoms with E-state index in [0.29, 0.717) is 0 Å². The van der Waals surface area contributed by atoms with Crippen LogP contribution in [0.2, 0.25) is 0 Å². The molecule has 0 radical (unpaired) electrons. The summed E-state index contributed by atoms with van der Waals surface area (Å²) >= 11 is 1.63. The van der Waals surface area contributed by atoms with Gasteiger partial charge < -0.3 is 9.80 Å². The van der Waals surface area contributed by atoms with Crippen molar-refractivity contribution in [2.75, 3.05) is 32.7 Å². The highest BCUT2D eigenvalue weighted by molar-refractivity contribution is 7.98. The number of pyridine rings is 1. The summed E-state index contributed by atoms with van der Waals surface area (Å²) in [6.07, 6.45) is 3.54. The van der Waals surface area contributed by atoms with Crippen LogP contribution in [0.15, 0.2) is 78.2 Å². The first-order valence-electron chi connectivity index (χ1n) is 12.3. The first kappa shape index (κ1) is 24.2. The molecular formula is C28H30N6OS. The summed E-state index contributed by atoms with van der Waals surface area (Å²) in [5.41, 5.74) is 5.05. The van der Waals surface area contributed by atoms with Gasteiger partial charge in [-0.25, -0.2) is 0 Å². The number of rotatable bonds is 7. The van der Waals surface area contributed by atoms with Crippen molar-refractivity contribution in [2.45, 2.75) is 24.8 Å². The van der Waals surface area contributed by atoms with Gasteiger partial charge in [-0.05, 0) is 61.0 Å². The van der Waals surface area contributed by atoms with Gasteiger partial charge in [0.2, 0.25) is 0 Å². The fraction of sp³-hybridized carbons (Fsp3) is 0.286. The molecule has 5 rings (SSSR count). The van der Waals surface area contributed by atoms with Crippen LogP contribution in [0.25, 0.3) is 17.1 Å². The third-order valence-electron chi connectivity index (χ3n) is 6.51. The Morgan fingerprint density at radius 1 is 0.944 bits per heavy atom. The maximum Gasteiger partial charge on any atom is 0.253 e. The van der Waals surface area contributed by atoms with Gasteiger partial charge in [-0.2, -0.15) is 0 Å². The van der Waals surface area contributed by atoms with Gasteiger partial charge in [0.25, 0.3) is 5.91 Å². The van der Waals surface area contributed by atoms with Crippen LogP contribution in [-0.2, 0) is 5.75 Å². The molecule has 0 saturated carbocycles. The predicted molar refractivity (Wildman–Crippen MR) is 143 cm³/mol. The highest BCUT2D eigenvalue weighted by Gasteiger charge is 2.21. The lowest BCUT2D eigenvalue weighted by Crippen LogP contribution is -2.48. The zero-order valence-electron chi connectivity index (χ0n) is 20.7. The van der Waals surface area contributed by atoms with Crippen LogP contribution in [0.3, 0.4) is 0 Å².